The summed E-state index contributed by atoms with van der Waals surface area (Å²) in [6.45, 7) is 1.89. The minimum atomic E-state index is -0.0799. The second-order valence-electron chi connectivity index (χ2n) is 1.75. The van der Waals surface area contributed by atoms with Gasteiger partial charge in [-0.05, 0) is 0 Å². The summed E-state index contributed by atoms with van der Waals surface area (Å²) in [6.07, 6.45) is -0.0799. The molecule has 0 spiro atoms. The molecule has 1 saturated heterocycles. The summed E-state index contributed by atoms with van der Waals surface area (Å²) >= 11 is 0. The standard InChI is InChI=1S/C5H10O3/c6-3-5-4-7-1-2-8-5/h5-6H,1-4H2/t5-/m0/s1. The van der Waals surface area contributed by atoms with Gasteiger partial charge >= 0.3 is 0 Å². The van der Waals surface area contributed by atoms with Crippen molar-refractivity contribution >= 4 is 0 Å². The molecule has 1 aliphatic rings. The highest BCUT2D eigenvalue weighted by Crippen LogP contribution is 1.97. The van der Waals surface area contributed by atoms with Crippen LogP contribution in [0.3, 0.4) is 0 Å². The molecule has 0 amide bonds. The normalized spacial score (nSPS) is 30.4. The van der Waals surface area contributed by atoms with E-state index >= 15 is 0 Å². The van der Waals surface area contributed by atoms with Crippen molar-refractivity contribution in [2.75, 3.05) is 26.4 Å². The summed E-state index contributed by atoms with van der Waals surface area (Å²) < 4.78 is 10.0. The molecule has 1 fully saturated rings. The van der Waals surface area contributed by atoms with Gasteiger partial charge in [-0.3, -0.25) is 0 Å². The molecule has 0 aromatic carbocycles. The Morgan fingerprint density at radius 3 is 2.75 bits per heavy atom. The first-order valence-electron chi connectivity index (χ1n) is 2.73. The first-order valence-corrected chi connectivity index (χ1v) is 2.73. The lowest BCUT2D eigenvalue weighted by atomic mass is 10.4. The second kappa shape index (κ2) is 3.02. The van der Waals surface area contributed by atoms with Crippen LogP contribution in [0.1, 0.15) is 0 Å². The van der Waals surface area contributed by atoms with Gasteiger partial charge < -0.3 is 14.6 Å². The zero-order chi connectivity index (χ0) is 5.82. The molecule has 1 aliphatic heterocycles. The summed E-state index contributed by atoms with van der Waals surface area (Å²) in [7, 11) is 0. The Kier molecular flexibility index (Phi) is 2.27. The van der Waals surface area contributed by atoms with Gasteiger partial charge in [0.05, 0.1) is 26.4 Å². The fourth-order valence-corrected chi connectivity index (χ4v) is 0.642. The smallest absolute Gasteiger partial charge is 0.104 e. The maximum Gasteiger partial charge on any atom is 0.104 e. The van der Waals surface area contributed by atoms with E-state index in [-0.39, 0.29) is 12.7 Å². The number of aliphatic hydroxyl groups is 1. The van der Waals surface area contributed by atoms with Gasteiger partial charge in [-0.15, -0.1) is 0 Å². The van der Waals surface area contributed by atoms with Gasteiger partial charge in [-0.1, -0.05) is 0 Å². The lowest BCUT2D eigenvalue weighted by molar-refractivity contribution is -0.105. The van der Waals surface area contributed by atoms with Crippen LogP contribution in [0.2, 0.25) is 0 Å². The maximum absolute atomic E-state index is 8.49. The van der Waals surface area contributed by atoms with Crippen molar-refractivity contribution < 1.29 is 14.6 Å². The third-order valence-electron chi connectivity index (χ3n) is 1.09. The molecular formula is C5H10O3. The molecule has 1 atom stereocenters. The number of hydrogen-bond donors (Lipinski definition) is 1. The first-order chi connectivity index (χ1) is 3.93. The Morgan fingerprint density at radius 1 is 1.50 bits per heavy atom. The predicted molar refractivity (Wildman–Crippen MR) is 27.6 cm³/mol. The van der Waals surface area contributed by atoms with E-state index < -0.39 is 0 Å². The first kappa shape index (κ1) is 6.01. The van der Waals surface area contributed by atoms with Crippen LogP contribution in [0.5, 0.6) is 0 Å². The number of aliphatic hydroxyl groups excluding tert-OH is 1. The molecule has 1 heterocycles. The quantitative estimate of drug-likeness (QED) is 0.499. The zero-order valence-electron chi connectivity index (χ0n) is 4.67. The number of ether oxygens (including phenoxy) is 2. The van der Waals surface area contributed by atoms with E-state index in [1.807, 2.05) is 0 Å². The molecule has 3 nitrogen and oxygen atoms in total. The van der Waals surface area contributed by atoms with E-state index in [0.29, 0.717) is 19.8 Å². The average Bonchev–Trinajstić information content (AvgIpc) is 1.90. The topological polar surface area (TPSA) is 38.7 Å². The van der Waals surface area contributed by atoms with Crippen LogP contribution in [0, 0.1) is 0 Å². The van der Waals surface area contributed by atoms with Crippen molar-refractivity contribution in [3.63, 3.8) is 0 Å². The Bertz CT molecular complexity index is 58.7. The highest BCUT2D eigenvalue weighted by atomic mass is 16.6. The van der Waals surface area contributed by atoms with Crippen molar-refractivity contribution in [2.45, 2.75) is 6.10 Å². The molecule has 0 unspecified atom stereocenters. The van der Waals surface area contributed by atoms with Crippen LogP contribution >= 0.6 is 0 Å². The molecule has 0 aromatic rings. The predicted octanol–water partition coefficient (Wildman–Crippen LogP) is -0.606. The molecule has 0 bridgehead atoms. The van der Waals surface area contributed by atoms with Gasteiger partial charge in [0.1, 0.15) is 6.10 Å². The van der Waals surface area contributed by atoms with Crippen LogP contribution in [0.4, 0.5) is 0 Å². The van der Waals surface area contributed by atoms with E-state index in [4.69, 9.17) is 14.6 Å². The SMILES string of the molecule is OC[C@H]1COCCO1. The van der Waals surface area contributed by atoms with E-state index in [9.17, 15) is 0 Å². The van der Waals surface area contributed by atoms with E-state index in [1.54, 1.807) is 0 Å². The fraction of sp³-hybridized carbons (Fsp3) is 1.00. The highest BCUT2D eigenvalue weighted by molar-refractivity contribution is 4.56. The Labute approximate surface area is 48.2 Å². The summed E-state index contributed by atoms with van der Waals surface area (Å²) in [4.78, 5) is 0. The molecule has 1 N–H and O–H groups in total. The van der Waals surface area contributed by atoms with Crippen molar-refractivity contribution in [1.82, 2.24) is 0 Å². The highest BCUT2D eigenvalue weighted by Gasteiger charge is 2.11. The molecule has 0 saturated carbocycles. The maximum atomic E-state index is 8.49. The second-order valence-corrected chi connectivity index (χ2v) is 1.75. The Hall–Kier alpha value is -0.120. The van der Waals surface area contributed by atoms with E-state index in [1.165, 1.54) is 0 Å². The van der Waals surface area contributed by atoms with Crippen LogP contribution in [-0.4, -0.2) is 37.6 Å². The van der Waals surface area contributed by atoms with Gasteiger partial charge in [-0.25, -0.2) is 0 Å². The molecular weight excluding hydrogens is 108 g/mol. The third kappa shape index (κ3) is 1.43. The Balaban J connectivity index is 2.13. The van der Waals surface area contributed by atoms with Gasteiger partial charge in [0, 0.05) is 0 Å². The molecule has 1 rings (SSSR count). The zero-order valence-corrected chi connectivity index (χ0v) is 4.67. The van der Waals surface area contributed by atoms with Crippen molar-refractivity contribution in [1.29, 1.82) is 0 Å². The molecule has 3 heteroatoms. The molecule has 0 radical (unpaired) electrons. The van der Waals surface area contributed by atoms with Crippen LogP contribution in [-0.2, 0) is 9.47 Å². The van der Waals surface area contributed by atoms with Gasteiger partial charge in [-0.2, -0.15) is 0 Å². The fourth-order valence-electron chi connectivity index (χ4n) is 0.642. The Morgan fingerprint density at radius 2 is 2.38 bits per heavy atom. The average molecular weight is 118 g/mol. The van der Waals surface area contributed by atoms with Gasteiger partial charge in [0.15, 0.2) is 0 Å². The summed E-state index contributed by atoms with van der Waals surface area (Å²) in [6, 6.07) is 0. The summed E-state index contributed by atoms with van der Waals surface area (Å²) in [5, 5.41) is 8.49. The van der Waals surface area contributed by atoms with Crippen LogP contribution < -0.4 is 0 Å². The van der Waals surface area contributed by atoms with Gasteiger partial charge in [0.25, 0.3) is 0 Å². The molecule has 0 aliphatic carbocycles. The summed E-state index contributed by atoms with van der Waals surface area (Å²) in [5.41, 5.74) is 0. The monoisotopic (exact) mass is 118 g/mol. The molecule has 8 heavy (non-hydrogen) atoms. The van der Waals surface area contributed by atoms with Crippen molar-refractivity contribution in [3.8, 4) is 0 Å². The molecule has 0 aromatic heterocycles. The lowest BCUT2D eigenvalue weighted by Gasteiger charge is -2.20. The van der Waals surface area contributed by atoms with E-state index in [2.05, 4.69) is 0 Å². The number of hydrogen-bond acceptors (Lipinski definition) is 3. The van der Waals surface area contributed by atoms with E-state index in [0.717, 1.165) is 0 Å². The summed E-state index contributed by atoms with van der Waals surface area (Å²) in [5.74, 6) is 0. The van der Waals surface area contributed by atoms with Crippen LogP contribution in [0.15, 0.2) is 0 Å². The largest absolute Gasteiger partial charge is 0.394 e. The third-order valence-corrected chi connectivity index (χ3v) is 1.09. The minimum absolute atomic E-state index is 0.0694. The lowest BCUT2D eigenvalue weighted by Crippen LogP contribution is -2.31. The van der Waals surface area contributed by atoms with Crippen LogP contribution in [0.25, 0.3) is 0 Å². The van der Waals surface area contributed by atoms with Crippen molar-refractivity contribution in [3.05, 3.63) is 0 Å². The number of rotatable bonds is 1. The molecule has 48 valence electrons. The van der Waals surface area contributed by atoms with Crippen molar-refractivity contribution in [2.24, 2.45) is 0 Å². The van der Waals surface area contributed by atoms with Gasteiger partial charge in [0.2, 0.25) is 0 Å². The minimum Gasteiger partial charge on any atom is -0.394 e.